The Balaban J connectivity index is 0.00000280. The van der Waals surface area contributed by atoms with Crippen molar-refractivity contribution < 1.29 is 22.8 Å². The largest absolute Gasteiger partial charge is 0.405 e. The number of alkyl halides is 3. The summed E-state index contributed by atoms with van der Waals surface area (Å²) in [4.78, 5) is 25.3. The molecule has 0 aromatic heterocycles. The summed E-state index contributed by atoms with van der Waals surface area (Å²) in [7, 11) is 0. The maximum absolute atomic E-state index is 13.3. The van der Waals surface area contributed by atoms with Crippen LogP contribution in [-0.4, -0.2) is 61.7 Å². The number of hydrogen-bond acceptors (Lipinski definition) is 4. The second-order valence-electron chi connectivity index (χ2n) is 6.89. The molecule has 1 saturated heterocycles. The summed E-state index contributed by atoms with van der Waals surface area (Å²) in [5.74, 6) is -0.548. The summed E-state index contributed by atoms with van der Waals surface area (Å²) in [5.41, 5.74) is 0.818. The van der Waals surface area contributed by atoms with E-state index in [1.54, 1.807) is 12.1 Å². The highest BCUT2D eigenvalue weighted by Crippen LogP contribution is 2.30. The van der Waals surface area contributed by atoms with Gasteiger partial charge in [-0.1, -0.05) is 0 Å². The molecule has 6 nitrogen and oxygen atoms in total. The first-order chi connectivity index (χ1) is 12.8. The van der Waals surface area contributed by atoms with Gasteiger partial charge < -0.3 is 16.0 Å². The third-order valence-corrected chi connectivity index (χ3v) is 4.79. The van der Waals surface area contributed by atoms with Crippen molar-refractivity contribution >= 4 is 29.9 Å². The van der Waals surface area contributed by atoms with E-state index in [-0.39, 0.29) is 42.9 Å². The van der Waals surface area contributed by atoms with Crippen LogP contribution in [0.1, 0.15) is 23.2 Å². The van der Waals surface area contributed by atoms with Crippen LogP contribution in [0.2, 0.25) is 0 Å². The quantitative estimate of drug-likeness (QED) is 0.658. The van der Waals surface area contributed by atoms with Gasteiger partial charge in [-0.05, 0) is 37.1 Å². The summed E-state index contributed by atoms with van der Waals surface area (Å²) in [5, 5.41) is 8.15. The second kappa shape index (κ2) is 9.58. The van der Waals surface area contributed by atoms with Crippen LogP contribution in [0.5, 0.6) is 0 Å². The number of nitrogens with zero attached hydrogens (tertiary/aromatic N) is 1. The van der Waals surface area contributed by atoms with E-state index in [0.29, 0.717) is 18.8 Å². The van der Waals surface area contributed by atoms with Crippen LogP contribution in [0.3, 0.4) is 0 Å². The lowest BCUT2D eigenvalue weighted by Gasteiger charge is -2.35. The SMILES string of the molecule is Cl.O=C(NCC(N1CCNCC1)C(F)(F)F)c1ccc(NC(=O)C2CC2)cc1. The molecule has 1 aromatic rings. The van der Waals surface area contributed by atoms with Crippen LogP contribution < -0.4 is 16.0 Å². The van der Waals surface area contributed by atoms with Crippen LogP contribution >= 0.6 is 12.4 Å². The molecule has 10 heteroatoms. The molecule has 2 amide bonds. The molecule has 3 N–H and O–H groups in total. The van der Waals surface area contributed by atoms with Gasteiger partial charge in [0.1, 0.15) is 6.04 Å². The minimum atomic E-state index is -4.42. The van der Waals surface area contributed by atoms with Crippen LogP contribution in [0.15, 0.2) is 24.3 Å². The fraction of sp³-hybridized carbons (Fsp3) is 0.556. The molecule has 0 radical (unpaired) electrons. The fourth-order valence-corrected chi connectivity index (χ4v) is 3.03. The number of anilines is 1. The Hall–Kier alpha value is -1.84. The number of piperazine rings is 1. The number of benzene rings is 1. The molecule has 2 aliphatic rings. The number of nitrogens with one attached hydrogen (secondary N) is 3. The summed E-state index contributed by atoms with van der Waals surface area (Å²) in [6.45, 7) is 1.07. The van der Waals surface area contributed by atoms with Gasteiger partial charge in [0.15, 0.2) is 0 Å². The monoisotopic (exact) mass is 420 g/mol. The van der Waals surface area contributed by atoms with E-state index in [1.807, 2.05) is 0 Å². The number of rotatable bonds is 6. The maximum Gasteiger partial charge on any atom is 0.405 e. The predicted molar refractivity (Wildman–Crippen MR) is 102 cm³/mol. The first-order valence-electron chi connectivity index (χ1n) is 9.05. The molecule has 1 unspecified atom stereocenters. The second-order valence-corrected chi connectivity index (χ2v) is 6.89. The standard InChI is InChI=1S/C18H23F3N4O2.ClH/c19-18(20,21)15(25-9-7-22-8-10-25)11-23-16(26)12-3-5-14(6-4-12)24-17(27)13-1-2-13;/h3-6,13,15,22H,1-2,7-11H2,(H,23,26)(H,24,27);1H. The third kappa shape index (κ3) is 6.08. The number of carbonyl (C=O) groups is 2. The lowest BCUT2D eigenvalue weighted by molar-refractivity contribution is -0.183. The van der Waals surface area contributed by atoms with E-state index in [9.17, 15) is 22.8 Å². The van der Waals surface area contributed by atoms with Gasteiger partial charge in [-0.3, -0.25) is 14.5 Å². The highest BCUT2D eigenvalue weighted by Gasteiger charge is 2.43. The Kier molecular flexibility index (Phi) is 7.68. The van der Waals surface area contributed by atoms with Crippen molar-refractivity contribution in [1.29, 1.82) is 0 Å². The highest BCUT2D eigenvalue weighted by atomic mass is 35.5. The van der Waals surface area contributed by atoms with E-state index < -0.39 is 24.7 Å². The molecule has 1 aliphatic carbocycles. The zero-order valence-corrected chi connectivity index (χ0v) is 16.0. The predicted octanol–water partition coefficient (Wildman–Crippen LogP) is 2.02. The third-order valence-electron chi connectivity index (χ3n) is 4.79. The van der Waals surface area contributed by atoms with Gasteiger partial charge in [0, 0.05) is 49.9 Å². The van der Waals surface area contributed by atoms with E-state index in [1.165, 1.54) is 17.0 Å². The zero-order chi connectivity index (χ0) is 19.4. The van der Waals surface area contributed by atoms with Crippen molar-refractivity contribution in [2.45, 2.75) is 25.1 Å². The normalized spacial score (nSPS) is 18.7. The Labute approximate surface area is 167 Å². The number of halogens is 4. The molecule has 28 heavy (non-hydrogen) atoms. The van der Waals surface area contributed by atoms with Crippen LogP contribution in [0.25, 0.3) is 0 Å². The zero-order valence-electron chi connectivity index (χ0n) is 15.2. The van der Waals surface area contributed by atoms with Crippen molar-refractivity contribution in [1.82, 2.24) is 15.5 Å². The molecule has 1 atom stereocenters. The Morgan fingerprint density at radius 2 is 1.75 bits per heavy atom. The Bertz CT molecular complexity index is 674. The number of amides is 2. The molecule has 3 rings (SSSR count). The van der Waals surface area contributed by atoms with Crippen molar-refractivity contribution in [3.8, 4) is 0 Å². The van der Waals surface area contributed by atoms with Gasteiger partial charge in [-0.2, -0.15) is 13.2 Å². The number of hydrogen-bond donors (Lipinski definition) is 3. The van der Waals surface area contributed by atoms with Gasteiger partial charge >= 0.3 is 6.18 Å². The van der Waals surface area contributed by atoms with E-state index in [0.717, 1.165) is 12.8 Å². The highest BCUT2D eigenvalue weighted by molar-refractivity contribution is 5.96. The van der Waals surface area contributed by atoms with Gasteiger partial charge in [-0.15, -0.1) is 12.4 Å². The topological polar surface area (TPSA) is 73.5 Å². The summed E-state index contributed by atoms with van der Waals surface area (Å²) in [6.07, 6.45) is -2.64. The van der Waals surface area contributed by atoms with E-state index in [4.69, 9.17) is 0 Å². The van der Waals surface area contributed by atoms with Crippen molar-refractivity contribution in [3.63, 3.8) is 0 Å². The number of carbonyl (C=O) groups excluding carboxylic acids is 2. The molecular weight excluding hydrogens is 397 g/mol. The van der Waals surface area contributed by atoms with Crippen LogP contribution in [-0.2, 0) is 4.79 Å². The molecule has 156 valence electrons. The minimum Gasteiger partial charge on any atom is -0.350 e. The molecule has 1 saturated carbocycles. The first-order valence-corrected chi connectivity index (χ1v) is 9.05. The Morgan fingerprint density at radius 1 is 1.14 bits per heavy atom. The Morgan fingerprint density at radius 3 is 2.29 bits per heavy atom. The molecule has 0 bridgehead atoms. The average Bonchev–Trinajstić information content (AvgIpc) is 3.47. The van der Waals surface area contributed by atoms with Gasteiger partial charge in [0.2, 0.25) is 5.91 Å². The molecule has 2 fully saturated rings. The van der Waals surface area contributed by atoms with Gasteiger partial charge in [-0.25, -0.2) is 0 Å². The maximum atomic E-state index is 13.3. The molecule has 0 spiro atoms. The van der Waals surface area contributed by atoms with Gasteiger partial charge in [0.25, 0.3) is 5.91 Å². The lowest BCUT2D eigenvalue weighted by atomic mass is 10.1. The molecule has 1 aromatic carbocycles. The van der Waals surface area contributed by atoms with Crippen LogP contribution in [0, 0.1) is 5.92 Å². The summed E-state index contributed by atoms with van der Waals surface area (Å²) >= 11 is 0. The van der Waals surface area contributed by atoms with Crippen LogP contribution in [0.4, 0.5) is 18.9 Å². The molecule has 1 aliphatic heterocycles. The van der Waals surface area contributed by atoms with E-state index in [2.05, 4.69) is 16.0 Å². The lowest BCUT2D eigenvalue weighted by Crippen LogP contribution is -2.57. The smallest absolute Gasteiger partial charge is 0.350 e. The molecular formula is C18H24ClF3N4O2. The van der Waals surface area contributed by atoms with E-state index >= 15 is 0 Å². The fourth-order valence-electron chi connectivity index (χ4n) is 3.03. The van der Waals surface area contributed by atoms with Crippen molar-refractivity contribution in [2.24, 2.45) is 5.92 Å². The van der Waals surface area contributed by atoms with Crippen molar-refractivity contribution in [2.75, 3.05) is 38.0 Å². The minimum absolute atomic E-state index is 0. The summed E-state index contributed by atoms with van der Waals surface area (Å²) in [6, 6.07) is 4.43. The average molecular weight is 421 g/mol. The first kappa shape index (κ1) is 22.4. The van der Waals surface area contributed by atoms with Crippen molar-refractivity contribution in [3.05, 3.63) is 29.8 Å². The molecule has 1 heterocycles. The van der Waals surface area contributed by atoms with Gasteiger partial charge in [0.05, 0.1) is 0 Å². The summed E-state index contributed by atoms with van der Waals surface area (Å²) < 4.78 is 40.0.